The average molecular weight is 329 g/mol. The maximum atomic E-state index is 12.1. The highest BCUT2D eigenvalue weighted by Gasteiger charge is 2.19. The molecule has 1 aromatic heterocycles. The van der Waals surface area contributed by atoms with Gasteiger partial charge in [-0.2, -0.15) is 0 Å². The van der Waals surface area contributed by atoms with Crippen molar-refractivity contribution >= 4 is 22.8 Å². The van der Waals surface area contributed by atoms with Crippen molar-refractivity contribution in [1.82, 2.24) is 5.32 Å². The number of hydrogen-bond acceptors (Lipinski definition) is 5. The molecule has 1 N–H and O–H groups in total. The Morgan fingerprint density at radius 1 is 1.25 bits per heavy atom. The summed E-state index contributed by atoms with van der Waals surface area (Å²) >= 11 is 0. The highest BCUT2D eigenvalue weighted by atomic mass is 16.5. The molecule has 1 amide bonds. The van der Waals surface area contributed by atoms with Crippen molar-refractivity contribution < 1.29 is 18.7 Å². The number of benzene rings is 1. The molecule has 0 radical (unpaired) electrons. The Balaban J connectivity index is 1.66. The van der Waals surface area contributed by atoms with Gasteiger partial charge in [0.15, 0.2) is 12.0 Å². The van der Waals surface area contributed by atoms with Crippen molar-refractivity contribution in [3.05, 3.63) is 45.8 Å². The maximum Gasteiger partial charge on any atom is 0.374 e. The van der Waals surface area contributed by atoms with E-state index in [1.54, 1.807) is 18.2 Å². The molecule has 1 fully saturated rings. The van der Waals surface area contributed by atoms with Gasteiger partial charge in [-0.3, -0.25) is 9.59 Å². The van der Waals surface area contributed by atoms with Gasteiger partial charge in [-0.15, -0.1) is 0 Å². The molecule has 1 aliphatic carbocycles. The first kappa shape index (κ1) is 16.2. The molecule has 24 heavy (non-hydrogen) atoms. The maximum absolute atomic E-state index is 12.1. The van der Waals surface area contributed by atoms with Crippen LogP contribution < -0.4 is 10.7 Å². The third kappa shape index (κ3) is 3.64. The Morgan fingerprint density at radius 3 is 2.75 bits per heavy atom. The predicted octanol–water partition coefficient (Wildman–Crippen LogP) is 2.32. The number of aryl methyl sites for hydroxylation is 1. The number of rotatable bonds is 4. The van der Waals surface area contributed by atoms with Crippen molar-refractivity contribution in [2.45, 2.75) is 38.6 Å². The van der Waals surface area contributed by atoms with E-state index in [1.807, 2.05) is 6.92 Å². The summed E-state index contributed by atoms with van der Waals surface area (Å²) in [4.78, 5) is 35.9. The Morgan fingerprint density at radius 2 is 2.00 bits per heavy atom. The largest absolute Gasteiger partial charge is 0.450 e. The number of nitrogens with one attached hydrogen (secondary N) is 1. The molecule has 0 atom stereocenters. The zero-order chi connectivity index (χ0) is 17.1. The monoisotopic (exact) mass is 329 g/mol. The number of amides is 1. The summed E-state index contributed by atoms with van der Waals surface area (Å²) < 4.78 is 10.4. The van der Waals surface area contributed by atoms with E-state index < -0.39 is 5.97 Å². The van der Waals surface area contributed by atoms with E-state index in [-0.39, 0.29) is 29.7 Å². The third-order valence-corrected chi connectivity index (χ3v) is 4.14. The van der Waals surface area contributed by atoms with Crippen molar-refractivity contribution in [2.24, 2.45) is 0 Å². The van der Waals surface area contributed by atoms with Crippen LogP contribution in [0.5, 0.6) is 0 Å². The molecule has 2 aromatic rings. The second kappa shape index (κ2) is 6.86. The molecular formula is C18H19NO5. The lowest BCUT2D eigenvalue weighted by Gasteiger charge is -2.11. The SMILES string of the molecule is Cc1ccc2oc(C(=O)OCC(=O)NC3CCCC3)cc(=O)c2c1. The smallest absolute Gasteiger partial charge is 0.374 e. The fourth-order valence-corrected chi connectivity index (χ4v) is 2.91. The first-order valence-electron chi connectivity index (χ1n) is 8.04. The van der Waals surface area contributed by atoms with E-state index in [4.69, 9.17) is 9.15 Å². The molecule has 0 bridgehead atoms. The van der Waals surface area contributed by atoms with Crippen LogP contribution in [0.15, 0.2) is 33.5 Å². The van der Waals surface area contributed by atoms with Gasteiger partial charge in [0, 0.05) is 12.1 Å². The first-order valence-corrected chi connectivity index (χ1v) is 8.04. The molecule has 0 spiro atoms. The minimum absolute atomic E-state index is 0.165. The molecule has 1 aliphatic rings. The normalized spacial score (nSPS) is 14.7. The van der Waals surface area contributed by atoms with Gasteiger partial charge in [-0.05, 0) is 31.9 Å². The lowest BCUT2D eigenvalue weighted by molar-refractivity contribution is -0.124. The van der Waals surface area contributed by atoms with Crippen LogP contribution >= 0.6 is 0 Å². The summed E-state index contributed by atoms with van der Waals surface area (Å²) in [6, 6.07) is 6.38. The summed E-state index contributed by atoms with van der Waals surface area (Å²) in [6.07, 6.45) is 4.12. The van der Waals surface area contributed by atoms with Crippen LogP contribution in [-0.2, 0) is 9.53 Å². The lowest BCUT2D eigenvalue weighted by atomic mass is 10.1. The van der Waals surface area contributed by atoms with Crippen LogP contribution in [-0.4, -0.2) is 24.5 Å². The van der Waals surface area contributed by atoms with Crippen LogP contribution in [0.2, 0.25) is 0 Å². The summed E-state index contributed by atoms with van der Waals surface area (Å²) in [6.45, 7) is 1.48. The van der Waals surface area contributed by atoms with Gasteiger partial charge in [0.05, 0.1) is 5.39 Å². The minimum atomic E-state index is -0.823. The van der Waals surface area contributed by atoms with E-state index in [1.165, 1.54) is 0 Å². The molecule has 0 unspecified atom stereocenters. The van der Waals surface area contributed by atoms with E-state index in [9.17, 15) is 14.4 Å². The first-order chi connectivity index (χ1) is 11.5. The number of esters is 1. The average Bonchev–Trinajstić information content (AvgIpc) is 3.06. The topological polar surface area (TPSA) is 85.6 Å². The zero-order valence-electron chi connectivity index (χ0n) is 13.5. The highest BCUT2D eigenvalue weighted by Crippen LogP contribution is 2.17. The van der Waals surface area contributed by atoms with Gasteiger partial charge in [0.25, 0.3) is 5.91 Å². The summed E-state index contributed by atoms with van der Waals surface area (Å²) in [5, 5.41) is 3.23. The number of ether oxygens (including phenoxy) is 1. The molecule has 6 nitrogen and oxygen atoms in total. The van der Waals surface area contributed by atoms with E-state index in [0.717, 1.165) is 37.3 Å². The molecule has 1 aromatic carbocycles. The quantitative estimate of drug-likeness (QED) is 0.870. The Labute approximate surface area is 138 Å². The Hall–Kier alpha value is -2.63. The van der Waals surface area contributed by atoms with E-state index in [0.29, 0.717) is 11.0 Å². The van der Waals surface area contributed by atoms with Crippen LogP contribution in [0.4, 0.5) is 0 Å². The summed E-state index contributed by atoms with van der Waals surface area (Å²) in [7, 11) is 0. The summed E-state index contributed by atoms with van der Waals surface area (Å²) in [5.41, 5.74) is 0.923. The number of carbonyl (C=O) groups excluding carboxylic acids is 2. The van der Waals surface area contributed by atoms with Crippen LogP contribution in [0, 0.1) is 6.92 Å². The fraction of sp³-hybridized carbons (Fsp3) is 0.389. The van der Waals surface area contributed by atoms with Gasteiger partial charge >= 0.3 is 5.97 Å². The molecule has 0 saturated heterocycles. The third-order valence-electron chi connectivity index (χ3n) is 4.14. The van der Waals surface area contributed by atoms with Crippen LogP contribution in [0.25, 0.3) is 11.0 Å². The summed E-state index contributed by atoms with van der Waals surface area (Å²) in [5.74, 6) is -1.37. The second-order valence-electron chi connectivity index (χ2n) is 6.10. The van der Waals surface area contributed by atoms with Crippen molar-refractivity contribution in [2.75, 3.05) is 6.61 Å². The Bertz CT molecular complexity index is 833. The standard InChI is InChI=1S/C18H19NO5/c1-11-6-7-15-13(8-11)14(20)9-16(24-15)18(22)23-10-17(21)19-12-4-2-3-5-12/h6-9,12H,2-5,10H2,1H3,(H,19,21). The van der Waals surface area contributed by atoms with Gasteiger partial charge < -0.3 is 14.5 Å². The lowest BCUT2D eigenvalue weighted by Crippen LogP contribution is -2.35. The molecule has 6 heteroatoms. The number of fused-ring (bicyclic) bond motifs is 1. The van der Waals surface area contributed by atoms with Crippen molar-refractivity contribution in [3.63, 3.8) is 0 Å². The van der Waals surface area contributed by atoms with E-state index in [2.05, 4.69) is 5.32 Å². The second-order valence-corrected chi connectivity index (χ2v) is 6.10. The number of carbonyl (C=O) groups is 2. The molecule has 3 rings (SSSR count). The molecule has 0 aliphatic heterocycles. The molecule has 1 heterocycles. The van der Waals surface area contributed by atoms with E-state index >= 15 is 0 Å². The highest BCUT2D eigenvalue weighted by molar-refractivity contribution is 5.90. The molecule has 1 saturated carbocycles. The molecule has 126 valence electrons. The van der Waals surface area contributed by atoms with Gasteiger partial charge in [-0.1, -0.05) is 24.5 Å². The zero-order valence-corrected chi connectivity index (χ0v) is 13.5. The molecular weight excluding hydrogens is 310 g/mol. The van der Waals surface area contributed by atoms with Crippen LogP contribution in [0.3, 0.4) is 0 Å². The van der Waals surface area contributed by atoms with Crippen molar-refractivity contribution in [3.8, 4) is 0 Å². The van der Waals surface area contributed by atoms with Crippen molar-refractivity contribution in [1.29, 1.82) is 0 Å². The predicted molar refractivity (Wildman–Crippen MR) is 87.9 cm³/mol. The van der Waals surface area contributed by atoms with Gasteiger partial charge in [-0.25, -0.2) is 4.79 Å². The minimum Gasteiger partial charge on any atom is -0.450 e. The number of hydrogen-bond donors (Lipinski definition) is 1. The fourth-order valence-electron chi connectivity index (χ4n) is 2.91. The van der Waals surface area contributed by atoms with Gasteiger partial charge in [0.2, 0.25) is 5.76 Å². The van der Waals surface area contributed by atoms with Gasteiger partial charge in [0.1, 0.15) is 5.58 Å². The Kier molecular flexibility index (Phi) is 4.64. The van der Waals surface area contributed by atoms with Crippen LogP contribution in [0.1, 0.15) is 41.8 Å².